The molecule has 0 unspecified atom stereocenters. The lowest BCUT2D eigenvalue weighted by Gasteiger charge is -2.53. The molecule has 0 saturated heterocycles. The molecule has 0 aliphatic heterocycles. The van der Waals surface area contributed by atoms with E-state index in [1.165, 1.54) is 32.1 Å². The van der Waals surface area contributed by atoms with Gasteiger partial charge in [-0.3, -0.25) is 4.79 Å². The first-order chi connectivity index (χ1) is 9.17. The third-order valence-corrected chi connectivity index (χ3v) is 5.14. The number of ether oxygens (including phenoxy) is 2. The van der Waals surface area contributed by atoms with Gasteiger partial charge >= 0.3 is 11.9 Å². The quantitative estimate of drug-likeness (QED) is 0.732. The molecule has 0 radical (unpaired) electrons. The van der Waals surface area contributed by atoms with Crippen molar-refractivity contribution in [2.24, 2.45) is 29.6 Å². The fourth-order valence-corrected chi connectivity index (χ4v) is 4.74. The molecule has 0 aromatic carbocycles. The van der Waals surface area contributed by atoms with Crippen molar-refractivity contribution in [3.8, 4) is 0 Å². The molecule has 0 spiro atoms. The van der Waals surface area contributed by atoms with Crippen LogP contribution in [0.5, 0.6) is 0 Å². The fourth-order valence-electron chi connectivity index (χ4n) is 4.74. The summed E-state index contributed by atoms with van der Waals surface area (Å²) in [5.41, 5.74) is 0. The predicted octanol–water partition coefficient (Wildman–Crippen LogP) is 2.17. The van der Waals surface area contributed by atoms with Crippen LogP contribution in [0, 0.1) is 29.6 Å². The van der Waals surface area contributed by atoms with E-state index in [0.717, 1.165) is 11.8 Å². The average Bonchev–Trinajstić information content (AvgIpc) is 2.35. The minimum atomic E-state index is -0.445. The minimum Gasteiger partial charge on any atom is -0.463 e. The van der Waals surface area contributed by atoms with E-state index in [-0.39, 0.29) is 18.5 Å². The lowest BCUT2D eigenvalue weighted by atomic mass is 9.52. The highest BCUT2D eigenvalue weighted by Gasteiger charge is 2.51. The van der Waals surface area contributed by atoms with Crippen LogP contribution in [-0.2, 0) is 19.1 Å². The highest BCUT2D eigenvalue weighted by molar-refractivity contribution is 5.78. The summed E-state index contributed by atoms with van der Waals surface area (Å²) in [6.45, 7) is 1.85. The summed E-state index contributed by atoms with van der Waals surface area (Å²) < 4.78 is 9.95. The molecule has 4 bridgehead atoms. The van der Waals surface area contributed by atoms with E-state index >= 15 is 0 Å². The molecule has 4 nitrogen and oxygen atoms in total. The first kappa shape index (κ1) is 12.9. The number of esters is 2. The van der Waals surface area contributed by atoms with Crippen LogP contribution < -0.4 is 0 Å². The van der Waals surface area contributed by atoms with Gasteiger partial charge < -0.3 is 9.47 Å². The summed E-state index contributed by atoms with van der Waals surface area (Å²) in [6.07, 6.45) is 6.12. The molecule has 4 aliphatic carbocycles. The normalized spacial score (nSPS) is 39.1. The van der Waals surface area contributed by atoms with Crippen LogP contribution in [0.4, 0.5) is 0 Å². The fraction of sp³-hybridized carbons (Fsp3) is 0.867. The Balaban J connectivity index is 1.57. The molecule has 0 heterocycles. The zero-order chi connectivity index (χ0) is 13.4. The Hall–Kier alpha value is -1.06. The maximum Gasteiger partial charge on any atom is 0.344 e. The van der Waals surface area contributed by atoms with E-state index < -0.39 is 5.97 Å². The minimum absolute atomic E-state index is 0.0437. The summed E-state index contributed by atoms with van der Waals surface area (Å²) in [4.78, 5) is 23.4. The average molecular weight is 266 g/mol. The van der Waals surface area contributed by atoms with Crippen molar-refractivity contribution in [1.29, 1.82) is 0 Å². The van der Waals surface area contributed by atoms with Gasteiger partial charge in [-0.05, 0) is 62.7 Å². The van der Waals surface area contributed by atoms with E-state index in [9.17, 15) is 9.59 Å². The van der Waals surface area contributed by atoms with Crippen LogP contribution in [0.1, 0.15) is 39.0 Å². The van der Waals surface area contributed by atoms with E-state index in [1.54, 1.807) is 6.92 Å². The van der Waals surface area contributed by atoms with Crippen LogP contribution >= 0.6 is 0 Å². The molecule has 19 heavy (non-hydrogen) atoms. The van der Waals surface area contributed by atoms with Gasteiger partial charge in [0.2, 0.25) is 0 Å². The molecule has 4 aliphatic rings. The number of carbonyl (C=O) groups excluding carboxylic acids is 2. The molecule has 0 N–H and O–H groups in total. The highest BCUT2D eigenvalue weighted by Crippen LogP contribution is 2.56. The van der Waals surface area contributed by atoms with Gasteiger partial charge in [0.1, 0.15) is 0 Å². The summed E-state index contributed by atoms with van der Waals surface area (Å²) >= 11 is 0. The second-order valence-corrected chi connectivity index (χ2v) is 6.37. The third kappa shape index (κ3) is 2.49. The Kier molecular flexibility index (Phi) is 3.50. The van der Waals surface area contributed by atoms with Crippen molar-refractivity contribution < 1.29 is 19.1 Å². The first-order valence-corrected chi connectivity index (χ1v) is 7.49. The lowest BCUT2D eigenvalue weighted by molar-refractivity contribution is -0.170. The monoisotopic (exact) mass is 266 g/mol. The largest absolute Gasteiger partial charge is 0.463 e. The van der Waals surface area contributed by atoms with Crippen molar-refractivity contribution in [3.63, 3.8) is 0 Å². The van der Waals surface area contributed by atoms with Gasteiger partial charge in [0, 0.05) is 0 Å². The van der Waals surface area contributed by atoms with Crippen molar-refractivity contribution in [2.45, 2.75) is 39.0 Å². The Morgan fingerprint density at radius 3 is 2.05 bits per heavy atom. The van der Waals surface area contributed by atoms with Gasteiger partial charge in [-0.2, -0.15) is 0 Å². The molecular formula is C15H22O4. The van der Waals surface area contributed by atoms with E-state index in [4.69, 9.17) is 9.47 Å². The Labute approximate surface area is 113 Å². The number of carbonyl (C=O) groups is 2. The van der Waals surface area contributed by atoms with Crippen LogP contribution in [0.3, 0.4) is 0 Å². The van der Waals surface area contributed by atoms with Crippen LogP contribution in [0.15, 0.2) is 0 Å². The molecule has 4 rings (SSSR count). The Bertz CT molecular complexity index is 348. The molecule has 4 heteroatoms. The smallest absolute Gasteiger partial charge is 0.344 e. The predicted molar refractivity (Wildman–Crippen MR) is 68.1 cm³/mol. The zero-order valence-electron chi connectivity index (χ0n) is 11.5. The zero-order valence-corrected chi connectivity index (χ0v) is 11.5. The molecule has 106 valence electrons. The molecule has 4 fully saturated rings. The van der Waals surface area contributed by atoms with Crippen LogP contribution in [-0.4, -0.2) is 25.2 Å². The second-order valence-electron chi connectivity index (χ2n) is 6.37. The summed E-state index contributed by atoms with van der Waals surface area (Å²) in [7, 11) is 0. The Morgan fingerprint density at radius 2 is 1.53 bits per heavy atom. The highest BCUT2D eigenvalue weighted by atomic mass is 16.6. The van der Waals surface area contributed by atoms with Gasteiger partial charge in [-0.15, -0.1) is 0 Å². The van der Waals surface area contributed by atoms with Crippen molar-refractivity contribution in [3.05, 3.63) is 0 Å². The second kappa shape index (κ2) is 5.14. The van der Waals surface area contributed by atoms with Crippen molar-refractivity contribution >= 4 is 11.9 Å². The number of hydrogen-bond acceptors (Lipinski definition) is 4. The van der Waals surface area contributed by atoms with Gasteiger partial charge in [-0.25, -0.2) is 4.79 Å². The summed E-state index contributed by atoms with van der Waals surface area (Å²) in [6, 6.07) is 0. The maximum atomic E-state index is 12.2. The molecule has 0 atom stereocenters. The van der Waals surface area contributed by atoms with E-state index in [1.807, 2.05) is 0 Å². The number of hydrogen-bond donors (Lipinski definition) is 0. The molecule has 0 amide bonds. The van der Waals surface area contributed by atoms with Crippen LogP contribution in [0.2, 0.25) is 0 Å². The topological polar surface area (TPSA) is 52.6 Å². The SMILES string of the molecule is CCOC(=O)COC(=O)C1C2CC3CC(C2)CC1C3. The van der Waals surface area contributed by atoms with Crippen LogP contribution in [0.25, 0.3) is 0 Å². The van der Waals surface area contributed by atoms with Crippen molar-refractivity contribution in [2.75, 3.05) is 13.2 Å². The number of rotatable bonds is 4. The van der Waals surface area contributed by atoms with Gasteiger partial charge in [0.15, 0.2) is 6.61 Å². The first-order valence-electron chi connectivity index (χ1n) is 7.49. The van der Waals surface area contributed by atoms with E-state index in [0.29, 0.717) is 18.4 Å². The standard InChI is InChI=1S/C15H22O4/c1-2-18-13(16)8-19-15(17)14-11-4-9-3-10(6-11)7-12(14)5-9/h9-12,14H,2-8H2,1H3. The van der Waals surface area contributed by atoms with Gasteiger partial charge in [0.25, 0.3) is 0 Å². The molecule has 4 saturated carbocycles. The van der Waals surface area contributed by atoms with Gasteiger partial charge in [0.05, 0.1) is 12.5 Å². The lowest BCUT2D eigenvalue weighted by Crippen LogP contribution is -2.48. The molecule has 0 aromatic rings. The Morgan fingerprint density at radius 1 is 0.947 bits per heavy atom. The maximum absolute atomic E-state index is 12.2. The molecular weight excluding hydrogens is 244 g/mol. The van der Waals surface area contributed by atoms with E-state index in [2.05, 4.69) is 0 Å². The van der Waals surface area contributed by atoms with Crippen molar-refractivity contribution in [1.82, 2.24) is 0 Å². The van der Waals surface area contributed by atoms with Gasteiger partial charge in [-0.1, -0.05) is 0 Å². The summed E-state index contributed by atoms with van der Waals surface area (Å²) in [5, 5.41) is 0. The summed E-state index contributed by atoms with van der Waals surface area (Å²) in [5.74, 6) is 2.13. The third-order valence-electron chi connectivity index (χ3n) is 5.14. The molecule has 0 aromatic heterocycles.